The zero-order valence-electron chi connectivity index (χ0n) is 19.3. The minimum Gasteiger partial charge on any atom is -0.474 e. The van der Waals surface area contributed by atoms with Gasteiger partial charge in [0.1, 0.15) is 5.82 Å². The maximum Gasteiger partial charge on any atom is 0.233 e. The summed E-state index contributed by atoms with van der Waals surface area (Å²) in [5, 5.41) is 3.29. The van der Waals surface area contributed by atoms with Crippen molar-refractivity contribution in [3.05, 3.63) is 54.4 Å². The van der Waals surface area contributed by atoms with Crippen LogP contribution < -0.4 is 14.8 Å². The van der Waals surface area contributed by atoms with Crippen molar-refractivity contribution in [2.45, 2.75) is 57.3 Å². The molecular weight excluding hydrogens is 455 g/mol. The fraction of sp³-hybridized carbons (Fsp3) is 0.375. The Morgan fingerprint density at radius 1 is 1.24 bits per heavy atom. The highest BCUT2D eigenvalue weighted by atomic mass is 32.2. The molecule has 1 aliphatic carbocycles. The van der Waals surface area contributed by atoms with Gasteiger partial charge in [0.15, 0.2) is 0 Å². The minimum atomic E-state index is -0.566. The second-order valence-corrected chi connectivity index (χ2v) is 9.38. The van der Waals surface area contributed by atoms with Gasteiger partial charge in [0.05, 0.1) is 41.5 Å². The van der Waals surface area contributed by atoms with E-state index >= 15 is 0 Å². The average molecular weight is 483 g/mol. The van der Waals surface area contributed by atoms with Crippen LogP contribution in [0, 0.1) is 5.82 Å². The van der Waals surface area contributed by atoms with Gasteiger partial charge >= 0.3 is 0 Å². The third-order valence-electron chi connectivity index (χ3n) is 5.09. The van der Waals surface area contributed by atoms with Gasteiger partial charge in [0.2, 0.25) is 17.7 Å². The summed E-state index contributed by atoms with van der Waals surface area (Å²) in [7, 11) is 0. The topological polar surface area (TPSA) is 102 Å². The smallest absolute Gasteiger partial charge is 0.233 e. The van der Waals surface area contributed by atoms with E-state index in [4.69, 9.17) is 4.74 Å². The van der Waals surface area contributed by atoms with Crippen LogP contribution in [0.5, 0.6) is 5.88 Å². The van der Waals surface area contributed by atoms with E-state index in [0.29, 0.717) is 40.5 Å². The van der Waals surface area contributed by atoms with Crippen molar-refractivity contribution in [1.82, 2.24) is 19.9 Å². The van der Waals surface area contributed by atoms with E-state index in [9.17, 15) is 9.18 Å². The molecule has 1 unspecified atom stereocenters. The molecule has 34 heavy (non-hydrogen) atoms. The number of hydrogen-bond acceptors (Lipinski definition) is 8. The van der Waals surface area contributed by atoms with Gasteiger partial charge in [-0.1, -0.05) is 13.0 Å². The van der Waals surface area contributed by atoms with Crippen molar-refractivity contribution < 1.29 is 13.9 Å². The second kappa shape index (κ2) is 10.8. The molecule has 0 saturated heterocycles. The molecule has 10 heteroatoms. The van der Waals surface area contributed by atoms with Gasteiger partial charge in [-0.05, 0) is 63.3 Å². The SMILES string of the molecule is CCC(C(=O)Nc1ccc(-c2cncc(OC(C)C)n2)cc1F)c1ccnc(NSC2CC2)n1. The van der Waals surface area contributed by atoms with Crippen molar-refractivity contribution in [3.8, 4) is 17.1 Å². The molecule has 1 atom stereocenters. The van der Waals surface area contributed by atoms with Crippen LogP contribution in [0.1, 0.15) is 51.6 Å². The van der Waals surface area contributed by atoms with Gasteiger partial charge in [-0.3, -0.25) is 14.5 Å². The highest BCUT2D eigenvalue weighted by molar-refractivity contribution is 8.01. The summed E-state index contributed by atoms with van der Waals surface area (Å²) in [5.74, 6) is -0.597. The summed E-state index contributed by atoms with van der Waals surface area (Å²) in [6.45, 7) is 5.67. The van der Waals surface area contributed by atoms with Gasteiger partial charge in [-0.2, -0.15) is 0 Å². The maximum atomic E-state index is 14.9. The number of benzene rings is 1. The van der Waals surface area contributed by atoms with Crippen LogP contribution in [0.4, 0.5) is 16.0 Å². The van der Waals surface area contributed by atoms with E-state index in [2.05, 4.69) is 30.0 Å². The lowest BCUT2D eigenvalue weighted by molar-refractivity contribution is -0.117. The standard InChI is InChI=1S/C24H27FN6O2S/c1-4-17(19-9-10-27-24(30-19)31-34-16-6-7-16)23(32)29-20-8-5-15(11-18(20)25)21-12-26-13-22(28-21)33-14(2)3/h5,8-14,16-17H,4,6-7H2,1-3H3,(H,29,32)(H,27,30,31). The molecule has 0 aliphatic heterocycles. The fourth-order valence-corrected chi connectivity index (χ4v) is 3.99. The van der Waals surface area contributed by atoms with Crippen molar-refractivity contribution in [2.75, 3.05) is 10.0 Å². The number of halogens is 1. The first-order valence-electron chi connectivity index (χ1n) is 11.3. The zero-order valence-corrected chi connectivity index (χ0v) is 20.1. The van der Waals surface area contributed by atoms with Gasteiger partial charge < -0.3 is 10.1 Å². The first kappa shape index (κ1) is 23.9. The van der Waals surface area contributed by atoms with E-state index in [-0.39, 0.29) is 17.7 Å². The van der Waals surface area contributed by atoms with Crippen molar-refractivity contribution in [1.29, 1.82) is 0 Å². The molecule has 3 aromatic rings. The Bertz CT molecular complexity index is 1160. The molecule has 2 N–H and O–H groups in total. The second-order valence-electron chi connectivity index (χ2n) is 8.28. The van der Waals surface area contributed by atoms with E-state index in [0.717, 1.165) is 0 Å². The first-order chi connectivity index (χ1) is 16.4. The van der Waals surface area contributed by atoms with Crippen molar-refractivity contribution >= 4 is 29.5 Å². The third-order valence-corrected chi connectivity index (χ3v) is 6.20. The number of carbonyl (C=O) groups is 1. The number of anilines is 2. The van der Waals surface area contributed by atoms with Crippen LogP contribution in [0.25, 0.3) is 11.3 Å². The van der Waals surface area contributed by atoms with Crippen LogP contribution in [0.3, 0.4) is 0 Å². The molecule has 178 valence electrons. The number of nitrogens with one attached hydrogen (secondary N) is 2. The summed E-state index contributed by atoms with van der Waals surface area (Å²) in [4.78, 5) is 30.2. The Morgan fingerprint density at radius 2 is 2.06 bits per heavy atom. The molecular formula is C24H27FN6O2S. The van der Waals surface area contributed by atoms with E-state index < -0.39 is 11.7 Å². The van der Waals surface area contributed by atoms with Gasteiger partial charge in [0, 0.05) is 17.0 Å². The number of aromatic nitrogens is 4. The van der Waals surface area contributed by atoms with Crippen LogP contribution in [0.2, 0.25) is 0 Å². The molecule has 0 spiro atoms. The third kappa shape index (κ3) is 6.19. The average Bonchev–Trinajstić information content (AvgIpc) is 3.64. The predicted octanol–water partition coefficient (Wildman–Crippen LogP) is 5.21. The lowest BCUT2D eigenvalue weighted by atomic mass is 10.0. The zero-order chi connectivity index (χ0) is 24.1. The van der Waals surface area contributed by atoms with Crippen molar-refractivity contribution in [3.63, 3.8) is 0 Å². The number of ether oxygens (including phenoxy) is 1. The number of carbonyl (C=O) groups excluding carboxylic acids is 1. The van der Waals surface area contributed by atoms with Crippen LogP contribution in [-0.2, 0) is 4.79 Å². The van der Waals surface area contributed by atoms with E-state index in [1.807, 2.05) is 20.8 Å². The number of nitrogens with zero attached hydrogens (tertiary/aromatic N) is 4. The molecule has 1 aliphatic rings. The first-order valence-corrected chi connectivity index (χ1v) is 12.1. The normalized spacial score (nSPS) is 14.0. The Balaban J connectivity index is 1.46. The minimum absolute atomic E-state index is 0.0518. The lowest BCUT2D eigenvalue weighted by Gasteiger charge is -2.16. The molecule has 1 aromatic carbocycles. The molecule has 8 nitrogen and oxygen atoms in total. The molecule has 1 fully saturated rings. The Hall–Kier alpha value is -3.27. The van der Waals surface area contributed by atoms with Gasteiger partial charge in [0.25, 0.3) is 0 Å². The van der Waals surface area contributed by atoms with E-state index in [1.54, 1.807) is 30.3 Å². The molecule has 0 bridgehead atoms. The predicted molar refractivity (Wildman–Crippen MR) is 131 cm³/mol. The molecule has 4 rings (SSSR count). The largest absolute Gasteiger partial charge is 0.474 e. The van der Waals surface area contributed by atoms with Crippen LogP contribution in [-0.4, -0.2) is 37.2 Å². The number of hydrogen-bond donors (Lipinski definition) is 2. The number of rotatable bonds is 10. The fourth-order valence-electron chi connectivity index (χ4n) is 3.25. The van der Waals surface area contributed by atoms with Gasteiger partial charge in [-0.15, -0.1) is 0 Å². The Kier molecular flexibility index (Phi) is 7.56. The Labute approximate surface area is 202 Å². The monoisotopic (exact) mass is 482 g/mol. The molecule has 2 aromatic heterocycles. The summed E-state index contributed by atoms with van der Waals surface area (Å²) < 4.78 is 23.6. The summed E-state index contributed by atoms with van der Waals surface area (Å²) in [6.07, 6.45) is 7.51. The highest BCUT2D eigenvalue weighted by Gasteiger charge is 2.24. The van der Waals surface area contributed by atoms with Crippen molar-refractivity contribution in [2.24, 2.45) is 0 Å². The molecule has 1 amide bonds. The Morgan fingerprint density at radius 3 is 2.76 bits per heavy atom. The number of amides is 1. The summed E-state index contributed by atoms with van der Waals surface area (Å²) in [6, 6.07) is 6.24. The molecule has 2 heterocycles. The summed E-state index contributed by atoms with van der Waals surface area (Å²) in [5.41, 5.74) is 1.69. The maximum absolute atomic E-state index is 14.9. The quantitative estimate of drug-likeness (QED) is 0.380. The highest BCUT2D eigenvalue weighted by Crippen LogP contribution is 2.34. The van der Waals surface area contributed by atoms with Crippen LogP contribution >= 0.6 is 11.9 Å². The summed E-state index contributed by atoms with van der Waals surface area (Å²) >= 11 is 1.60. The van der Waals surface area contributed by atoms with Gasteiger partial charge in [-0.25, -0.2) is 19.3 Å². The van der Waals surface area contributed by atoms with Crippen LogP contribution in [0.15, 0.2) is 42.9 Å². The lowest BCUT2D eigenvalue weighted by Crippen LogP contribution is -2.22. The van der Waals surface area contributed by atoms with E-state index in [1.165, 1.54) is 37.4 Å². The molecule has 1 saturated carbocycles. The molecule has 0 radical (unpaired) electrons.